The van der Waals surface area contributed by atoms with Crippen LogP contribution in [0.25, 0.3) is 0 Å². The van der Waals surface area contributed by atoms with Gasteiger partial charge in [0.1, 0.15) is 6.54 Å². The van der Waals surface area contributed by atoms with Gasteiger partial charge in [-0.05, 0) is 0 Å². The average molecular weight is 269 g/mol. The van der Waals surface area contributed by atoms with Gasteiger partial charge in [-0.2, -0.15) is 0 Å². The van der Waals surface area contributed by atoms with Crippen molar-refractivity contribution in [1.29, 1.82) is 0 Å². The Morgan fingerprint density at radius 3 is 2.68 bits per heavy atom. The number of hydrogen-bond acceptors (Lipinski definition) is 5. The molecule has 2 N–H and O–H groups in total. The summed E-state index contributed by atoms with van der Waals surface area (Å²) >= 11 is 0. The molecule has 0 aliphatic heterocycles. The predicted molar refractivity (Wildman–Crippen MR) is 63.3 cm³/mol. The lowest BCUT2D eigenvalue weighted by Crippen LogP contribution is -2.30. The minimum Gasteiger partial charge on any atom is -0.480 e. The summed E-state index contributed by atoms with van der Waals surface area (Å²) in [6, 6.07) is 0. The normalized spacial score (nSPS) is 10.0. The molecule has 1 rings (SSSR count). The summed E-state index contributed by atoms with van der Waals surface area (Å²) in [5.41, 5.74) is 0.0125. The molecule has 0 aromatic carbocycles. The molecule has 0 saturated carbocycles. The van der Waals surface area contributed by atoms with Crippen molar-refractivity contribution >= 4 is 17.8 Å². The molecule has 19 heavy (non-hydrogen) atoms. The lowest BCUT2D eigenvalue weighted by Gasteiger charge is -2.09. The SMILES string of the molecule is CN(C)C(=O)CCNC(=O)c1cn(CC(=O)O)nn1. The van der Waals surface area contributed by atoms with E-state index in [-0.39, 0.29) is 31.1 Å². The summed E-state index contributed by atoms with van der Waals surface area (Å²) in [6.45, 7) is -0.180. The minimum absolute atomic E-state index is 0.0125. The zero-order valence-electron chi connectivity index (χ0n) is 10.7. The number of aliphatic carboxylic acids is 1. The third-order valence-electron chi connectivity index (χ3n) is 2.19. The van der Waals surface area contributed by atoms with Crippen molar-refractivity contribution < 1.29 is 19.5 Å². The summed E-state index contributed by atoms with van der Waals surface area (Å²) in [7, 11) is 3.25. The third kappa shape index (κ3) is 4.74. The standard InChI is InChI=1S/C10H15N5O4/c1-14(2)8(16)3-4-11-10(19)7-5-15(13-12-7)6-9(17)18/h5H,3-4,6H2,1-2H3,(H,11,19)(H,17,18). The molecule has 1 aromatic heterocycles. The molecule has 0 radical (unpaired) electrons. The molecule has 0 bridgehead atoms. The molecule has 1 heterocycles. The Labute approximate surface area is 109 Å². The smallest absolute Gasteiger partial charge is 0.325 e. The molecule has 0 spiro atoms. The molecule has 0 unspecified atom stereocenters. The molecule has 9 heteroatoms. The number of carbonyl (C=O) groups is 3. The van der Waals surface area contributed by atoms with E-state index in [1.165, 1.54) is 11.1 Å². The van der Waals surface area contributed by atoms with Gasteiger partial charge in [0, 0.05) is 27.1 Å². The van der Waals surface area contributed by atoms with Crippen molar-refractivity contribution in [2.24, 2.45) is 0 Å². The van der Waals surface area contributed by atoms with Crippen LogP contribution in [0.15, 0.2) is 6.20 Å². The number of nitrogens with zero attached hydrogens (tertiary/aromatic N) is 4. The highest BCUT2D eigenvalue weighted by Gasteiger charge is 2.12. The van der Waals surface area contributed by atoms with Gasteiger partial charge in [0.2, 0.25) is 5.91 Å². The molecule has 1 aromatic rings. The van der Waals surface area contributed by atoms with Crippen LogP contribution < -0.4 is 5.32 Å². The lowest BCUT2D eigenvalue weighted by molar-refractivity contribution is -0.138. The molecule has 0 aliphatic carbocycles. The van der Waals surface area contributed by atoms with Crippen LogP contribution in [-0.2, 0) is 16.1 Å². The van der Waals surface area contributed by atoms with E-state index in [0.717, 1.165) is 4.68 Å². The summed E-state index contributed by atoms with van der Waals surface area (Å²) in [5, 5.41) is 18.1. The molecule has 0 fully saturated rings. The van der Waals surface area contributed by atoms with Gasteiger partial charge in [0.15, 0.2) is 5.69 Å². The zero-order chi connectivity index (χ0) is 14.4. The molecular formula is C10H15N5O4. The van der Waals surface area contributed by atoms with E-state index in [2.05, 4.69) is 15.6 Å². The highest BCUT2D eigenvalue weighted by atomic mass is 16.4. The number of rotatable bonds is 6. The summed E-state index contributed by atoms with van der Waals surface area (Å²) in [6.07, 6.45) is 1.42. The summed E-state index contributed by atoms with van der Waals surface area (Å²) in [5.74, 6) is -1.67. The van der Waals surface area contributed by atoms with E-state index in [4.69, 9.17) is 5.11 Å². The Hall–Kier alpha value is -2.45. The molecule has 0 aliphatic rings. The Morgan fingerprint density at radius 1 is 1.42 bits per heavy atom. The van der Waals surface area contributed by atoms with E-state index >= 15 is 0 Å². The number of hydrogen-bond donors (Lipinski definition) is 2. The predicted octanol–water partition coefficient (Wildman–Crippen LogP) is -1.43. The van der Waals surface area contributed by atoms with Crippen molar-refractivity contribution in [2.45, 2.75) is 13.0 Å². The highest BCUT2D eigenvalue weighted by Crippen LogP contribution is 1.94. The highest BCUT2D eigenvalue weighted by molar-refractivity contribution is 5.92. The van der Waals surface area contributed by atoms with Crippen LogP contribution in [0, 0.1) is 0 Å². The van der Waals surface area contributed by atoms with Crippen molar-refractivity contribution in [3.63, 3.8) is 0 Å². The van der Waals surface area contributed by atoms with Crippen LogP contribution in [0.1, 0.15) is 16.9 Å². The van der Waals surface area contributed by atoms with Gasteiger partial charge in [-0.25, -0.2) is 4.68 Å². The fourth-order valence-corrected chi connectivity index (χ4v) is 1.22. The lowest BCUT2D eigenvalue weighted by atomic mass is 10.3. The van der Waals surface area contributed by atoms with E-state index in [1.54, 1.807) is 14.1 Å². The Bertz CT molecular complexity index is 482. The second-order valence-corrected chi connectivity index (χ2v) is 3.99. The van der Waals surface area contributed by atoms with E-state index in [0.29, 0.717) is 0 Å². The average Bonchev–Trinajstić information content (AvgIpc) is 2.76. The maximum Gasteiger partial charge on any atom is 0.325 e. The number of carboxylic acids is 1. The second-order valence-electron chi connectivity index (χ2n) is 3.99. The maximum atomic E-state index is 11.6. The first-order chi connectivity index (χ1) is 8.90. The van der Waals surface area contributed by atoms with Gasteiger partial charge in [-0.15, -0.1) is 5.10 Å². The van der Waals surface area contributed by atoms with Gasteiger partial charge in [0.25, 0.3) is 5.91 Å². The van der Waals surface area contributed by atoms with Gasteiger partial charge in [0.05, 0.1) is 6.20 Å². The summed E-state index contributed by atoms with van der Waals surface area (Å²) < 4.78 is 1.04. The molecule has 0 atom stereocenters. The molecular weight excluding hydrogens is 254 g/mol. The Kier molecular flexibility index (Phi) is 4.98. The largest absolute Gasteiger partial charge is 0.480 e. The van der Waals surface area contributed by atoms with E-state index < -0.39 is 11.9 Å². The van der Waals surface area contributed by atoms with E-state index in [1.807, 2.05) is 0 Å². The first-order valence-corrected chi connectivity index (χ1v) is 5.50. The van der Waals surface area contributed by atoms with Crippen molar-refractivity contribution in [2.75, 3.05) is 20.6 Å². The quantitative estimate of drug-likeness (QED) is 0.654. The van der Waals surface area contributed by atoms with Crippen LogP contribution in [-0.4, -0.2) is 63.4 Å². The van der Waals surface area contributed by atoms with Crippen LogP contribution in [0.3, 0.4) is 0 Å². The van der Waals surface area contributed by atoms with Gasteiger partial charge < -0.3 is 15.3 Å². The van der Waals surface area contributed by atoms with Crippen LogP contribution in [0.4, 0.5) is 0 Å². The van der Waals surface area contributed by atoms with Crippen molar-refractivity contribution in [3.05, 3.63) is 11.9 Å². The second kappa shape index (κ2) is 6.47. The van der Waals surface area contributed by atoms with Crippen LogP contribution >= 0.6 is 0 Å². The monoisotopic (exact) mass is 269 g/mol. The Morgan fingerprint density at radius 2 is 2.11 bits per heavy atom. The van der Waals surface area contributed by atoms with Crippen LogP contribution in [0.2, 0.25) is 0 Å². The first kappa shape index (κ1) is 14.6. The number of aromatic nitrogens is 3. The van der Waals surface area contributed by atoms with Gasteiger partial charge in [-0.3, -0.25) is 14.4 Å². The number of amides is 2. The van der Waals surface area contributed by atoms with Gasteiger partial charge in [-0.1, -0.05) is 5.21 Å². The van der Waals surface area contributed by atoms with Gasteiger partial charge >= 0.3 is 5.97 Å². The van der Waals surface area contributed by atoms with Crippen LogP contribution in [0.5, 0.6) is 0 Å². The molecule has 0 saturated heterocycles. The fraction of sp³-hybridized carbons (Fsp3) is 0.500. The number of carboxylic acid groups (broad SMARTS) is 1. The minimum atomic E-state index is -1.08. The number of carbonyl (C=O) groups excluding carboxylic acids is 2. The molecule has 2 amide bonds. The maximum absolute atomic E-state index is 11.6. The topological polar surface area (TPSA) is 117 Å². The number of nitrogens with one attached hydrogen (secondary N) is 1. The molecule has 9 nitrogen and oxygen atoms in total. The summed E-state index contributed by atoms with van der Waals surface area (Å²) in [4.78, 5) is 34.7. The van der Waals surface area contributed by atoms with Crippen molar-refractivity contribution in [3.8, 4) is 0 Å². The van der Waals surface area contributed by atoms with E-state index in [9.17, 15) is 14.4 Å². The Balaban J connectivity index is 2.43. The van der Waals surface area contributed by atoms with Crippen molar-refractivity contribution in [1.82, 2.24) is 25.2 Å². The molecule has 104 valence electrons. The fourth-order valence-electron chi connectivity index (χ4n) is 1.22. The zero-order valence-corrected chi connectivity index (χ0v) is 10.7. The first-order valence-electron chi connectivity index (χ1n) is 5.50. The third-order valence-corrected chi connectivity index (χ3v) is 2.19.